The van der Waals surface area contributed by atoms with E-state index in [0.29, 0.717) is 18.5 Å². The minimum atomic E-state index is -0.218. The van der Waals surface area contributed by atoms with E-state index in [1.165, 1.54) is 0 Å². The molecule has 0 aromatic carbocycles. The van der Waals surface area contributed by atoms with Gasteiger partial charge in [-0.25, -0.2) is 0 Å². The molecular formula is C17H35IN4O2. The van der Waals surface area contributed by atoms with Crippen LogP contribution in [0, 0.1) is 5.92 Å². The summed E-state index contributed by atoms with van der Waals surface area (Å²) in [5.74, 6) is 1.61. The van der Waals surface area contributed by atoms with Crippen molar-refractivity contribution in [3.63, 3.8) is 0 Å². The number of ether oxygens (including phenoxy) is 1. The first kappa shape index (κ1) is 21.9. The summed E-state index contributed by atoms with van der Waals surface area (Å²) in [6, 6.07) is 0.472. The fraction of sp³-hybridized carbons (Fsp3) is 0.941. The molecule has 2 aliphatic rings. The van der Waals surface area contributed by atoms with Crippen molar-refractivity contribution in [1.29, 1.82) is 0 Å². The largest absolute Gasteiger partial charge is 0.391 e. The van der Waals surface area contributed by atoms with Crippen LogP contribution in [0.15, 0.2) is 4.99 Å². The van der Waals surface area contributed by atoms with Crippen molar-refractivity contribution in [2.75, 3.05) is 52.5 Å². The maximum Gasteiger partial charge on any atom is 0.194 e. The van der Waals surface area contributed by atoms with Gasteiger partial charge in [0.25, 0.3) is 0 Å². The zero-order valence-corrected chi connectivity index (χ0v) is 17.7. The second kappa shape index (κ2) is 11.5. The molecule has 6 nitrogen and oxygen atoms in total. The molecule has 2 fully saturated rings. The zero-order chi connectivity index (χ0) is 16.7. The van der Waals surface area contributed by atoms with Gasteiger partial charge < -0.3 is 20.1 Å². The van der Waals surface area contributed by atoms with Gasteiger partial charge in [0, 0.05) is 38.8 Å². The summed E-state index contributed by atoms with van der Waals surface area (Å²) in [5, 5.41) is 13.1. The van der Waals surface area contributed by atoms with Crippen molar-refractivity contribution < 1.29 is 9.84 Å². The van der Waals surface area contributed by atoms with E-state index in [9.17, 15) is 5.11 Å². The number of hydrogen-bond acceptors (Lipinski definition) is 4. The van der Waals surface area contributed by atoms with Crippen LogP contribution in [0.5, 0.6) is 0 Å². The number of rotatable bonds is 6. The van der Waals surface area contributed by atoms with Gasteiger partial charge >= 0.3 is 0 Å². The number of aliphatic hydroxyl groups excluding tert-OH is 1. The molecule has 0 bridgehead atoms. The average Bonchev–Trinajstić information content (AvgIpc) is 2.97. The molecule has 2 saturated heterocycles. The van der Waals surface area contributed by atoms with E-state index < -0.39 is 0 Å². The van der Waals surface area contributed by atoms with Crippen LogP contribution in [0.25, 0.3) is 0 Å². The third-order valence-corrected chi connectivity index (χ3v) is 4.56. The number of halogens is 1. The lowest BCUT2D eigenvalue weighted by Gasteiger charge is -2.35. The summed E-state index contributed by atoms with van der Waals surface area (Å²) >= 11 is 0. The molecule has 2 N–H and O–H groups in total. The maximum atomic E-state index is 9.77. The summed E-state index contributed by atoms with van der Waals surface area (Å²) in [4.78, 5) is 9.60. The lowest BCUT2D eigenvalue weighted by molar-refractivity contribution is 0.0142. The number of nitrogens with one attached hydrogen (secondary N) is 1. The Balaban J connectivity index is 0.00000288. The third-order valence-electron chi connectivity index (χ3n) is 4.56. The predicted molar refractivity (Wildman–Crippen MR) is 109 cm³/mol. The quantitative estimate of drug-likeness (QED) is 0.361. The van der Waals surface area contributed by atoms with Crippen molar-refractivity contribution in [3.8, 4) is 0 Å². The Morgan fingerprint density at radius 2 is 2.00 bits per heavy atom. The highest BCUT2D eigenvalue weighted by molar-refractivity contribution is 14.0. The molecule has 2 heterocycles. The summed E-state index contributed by atoms with van der Waals surface area (Å²) < 4.78 is 5.49. The second-order valence-corrected chi connectivity index (χ2v) is 7.01. The van der Waals surface area contributed by atoms with E-state index in [2.05, 4.69) is 35.9 Å². The van der Waals surface area contributed by atoms with Gasteiger partial charge in [0.05, 0.1) is 25.9 Å². The molecule has 142 valence electrons. The summed E-state index contributed by atoms with van der Waals surface area (Å²) in [6.07, 6.45) is 1.78. The predicted octanol–water partition coefficient (Wildman–Crippen LogP) is 1.38. The number of hydrogen-bond donors (Lipinski definition) is 2. The number of aliphatic imine (C=N–C) groups is 1. The molecule has 2 atom stereocenters. The standard InChI is InChI=1S/C17H34N4O2.HI/c1-4-18-17(21-6-5-16(22)13-21)19-12-15(11-14(2)3)20-7-9-23-10-8-20;/h14-16,22H,4-13H2,1-3H3,(H,18,19);1H/t15?,16-;/m1./s1. The Hall–Kier alpha value is -0.120. The van der Waals surface area contributed by atoms with Crippen LogP contribution in [0.2, 0.25) is 0 Å². The summed E-state index contributed by atoms with van der Waals surface area (Å²) in [6.45, 7) is 13.6. The molecule has 0 radical (unpaired) electrons. The van der Waals surface area contributed by atoms with Gasteiger partial charge in [-0.15, -0.1) is 24.0 Å². The molecule has 1 unspecified atom stereocenters. The van der Waals surface area contributed by atoms with Gasteiger partial charge in [0.1, 0.15) is 0 Å². The van der Waals surface area contributed by atoms with Gasteiger partial charge in [-0.1, -0.05) is 13.8 Å². The van der Waals surface area contributed by atoms with E-state index in [0.717, 1.165) is 64.7 Å². The molecule has 0 aromatic heterocycles. The van der Waals surface area contributed by atoms with Crippen molar-refractivity contribution >= 4 is 29.9 Å². The highest BCUT2D eigenvalue weighted by Gasteiger charge is 2.25. The molecule has 7 heteroatoms. The van der Waals surface area contributed by atoms with Crippen LogP contribution in [0.4, 0.5) is 0 Å². The van der Waals surface area contributed by atoms with Crippen molar-refractivity contribution in [2.24, 2.45) is 10.9 Å². The first-order valence-corrected chi connectivity index (χ1v) is 9.13. The Kier molecular flexibility index (Phi) is 10.5. The highest BCUT2D eigenvalue weighted by atomic mass is 127. The van der Waals surface area contributed by atoms with E-state index in [1.54, 1.807) is 0 Å². The average molecular weight is 454 g/mol. The van der Waals surface area contributed by atoms with Gasteiger partial charge in [-0.05, 0) is 25.7 Å². The monoisotopic (exact) mass is 454 g/mol. The smallest absolute Gasteiger partial charge is 0.194 e. The summed E-state index contributed by atoms with van der Waals surface area (Å²) in [5.41, 5.74) is 0. The lowest BCUT2D eigenvalue weighted by atomic mass is 10.0. The van der Waals surface area contributed by atoms with E-state index in [4.69, 9.17) is 9.73 Å². The van der Waals surface area contributed by atoms with Crippen molar-refractivity contribution in [1.82, 2.24) is 15.1 Å². The second-order valence-electron chi connectivity index (χ2n) is 7.01. The van der Waals surface area contributed by atoms with E-state index in [1.807, 2.05) is 0 Å². The Bertz CT molecular complexity index is 376. The number of nitrogens with zero attached hydrogens (tertiary/aromatic N) is 3. The third kappa shape index (κ3) is 7.01. The first-order valence-electron chi connectivity index (χ1n) is 9.13. The zero-order valence-electron chi connectivity index (χ0n) is 15.4. The molecule has 0 aromatic rings. The number of morpholine rings is 1. The van der Waals surface area contributed by atoms with E-state index in [-0.39, 0.29) is 30.1 Å². The molecule has 24 heavy (non-hydrogen) atoms. The SMILES string of the molecule is CCNC(=NCC(CC(C)C)N1CCOCC1)N1CC[C@@H](O)C1.I. The molecular weight excluding hydrogens is 419 g/mol. The van der Waals surface area contributed by atoms with Gasteiger partial charge in [-0.3, -0.25) is 9.89 Å². The van der Waals surface area contributed by atoms with Crippen LogP contribution < -0.4 is 5.32 Å². The normalized spacial score (nSPS) is 24.1. The number of aliphatic hydroxyl groups is 1. The van der Waals surface area contributed by atoms with Gasteiger partial charge in [0.15, 0.2) is 5.96 Å². The minimum absolute atomic E-state index is 0. The molecule has 2 aliphatic heterocycles. The number of likely N-dealkylation sites (tertiary alicyclic amines) is 1. The molecule has 0 saturated carbocycles. The molecule has 0 aliphatic carbocycles. The van der Waals surface area contributed by atoms with E-state index >= 15 is 0 Å². The van der Waals surface area contributed by atoms with Crippen LogP contribution >= 0.6 is 24.0 Å². The summed E-state index contributed by atoms with van der Waals surface area (Å²) in [7, 11) is 0. The lowest BCUT2D eigenvalue weighted by Crippen LogP contribution is -2.46. The Labute approximate surface area is 164 Å². The Morgan fingerprint density at radius 3 is 2.54 bits per heavy atom. The number of β-amino-alcohol motifs (C(OH)–C–C–N with tert-alkyl or cyclic N) is 1. The molecule has 2 rings (SSSR count). The fourth-order valence-electron chi connectivity index (χ4n) is 3.38. The molecule has 0 spiro atoms. The van der Waals surface area contributed by atoms with Crippen molar-refractivity contribution in [3.05, 3.63) is 0 Å². The van der Waals surface area contributed by atoms with Crippen LogP contribution in [0.1, 0.15) is 33.6 Å². The van der Waals surface area contributed by atoms with Crippen LogP contribution in [-0.2, 0) is 4.74 Å². The highest BCUT2D eigenvalue weighted by Crippen LogP contribution is 2.15. The molecule has 0 amide bonds. The maximum absolute atomic E-state index is 9.77. The Morgan fingerprint density at radius 1 is 1.29 bits per heavy atom. The number of guanidine groups is 1. The van der Waals surface area contributed by atoms with Gasteiger partial charge in [0.2, 0.25) is 0 Å². The van der Waals surface area contributed by atoms with Crippen LogP contribution in [-0.4, -0.2) is 85.5 Å². The minimum Gasteiger partial charge on any atom is -0.391 e. The van der Waals surface area contributed by atoms with Crippen molar-refractivity contribution in [2.45, 2.75) is 45.8 Å². The fourth-order valence-corrected chi connectivity index (χ4v) is 3.38. The van der Waals surface area contributed by atoms with Crippen LogP contribution in [0.3, 0.4) is 0 Å². The first-order chi connectivity index (χ1) is 11.1. The van der Waals surface area contributed by atoms with Gasteiger partial charge in [-0.2, -0.15) is 0 Å². The topological polar surface area (TPSA) is 60.3 Å².